The fourth-order valence-electron chi connectivity index (χ4n) is 2.67. The molecule has 0 spiro atoms. The van der Waals surface area contributed by atoms with Crippen LogP contribution in [0.4, 0.5) is 0 Å². The van der Waals surface area contributed by atoms with Crippen LogP contribution in [-0.4, -0.2) is 55.5 Å². The molecule has 1 aliphatic heterocycles. The van der Waals surface area contributed by atoms with Gasteiger partial charge in [0.1, 0.15) is 5.56 Å². The Balaban J connectivity index is 1.66. The smallest absolute Gasteiger partial charge is 0.257 e. The highest BCUT2D eigenvalue weighted by Gasteiger charge is 2.29. The maximum atomic E-state index is 12.7. The molecule has 8 nitrogen and oxygen atoms in total. The van der Waals surface area contributed by atoms with Crippen LogP contribution in [0.2, 0.25) is 0 Å². The summed E-state index contributed by atoms with van der Waals surface area (Å²) >= 11 is 1.53. The van der Waals surface area contributed by atoms with Gasteiger partial charge in [-0.15, -0.1) is 11.3 Å². The Hall–Kier alpha value is -2.23. The van der Waals surface area contributed by atoms with Gasteiger partial charge in [-0.1, -0.05) is 0 Å². The first-order valence-corrected chi connectivity index (χ1v) is 9.12. The Morgan fingerprint density at radius 2 is 2.27 bits per heavy atom. The minimum atomic E-state index is -0.297. The zero-order valence-corrected chi connectivity index (χ0v) is 15.5. The number of hydrogen-bond acceptors (Lipinski definition) is 8. The lowest BCUT2D eigenvalue weighted by atomic mass is 10.1. The number of rotatable bonds is 7. The van der Waals surface area contributed by atoms with Crippen LogP contribution in [0.15, 0.2) is 23.0 Å². The summed E-state index contributed by atoms with van der Waals surface area (Å²) in [5.74, 6) is 0.289. The molecule has 0 aliphatic carbocycles. The quantitative estimate of drug-likeness (QED) is 0.782. The van der Waals surface area contributed by atoms with Crippen molar-refractivity contribution >= 4 is 17.2 Å². The molecular weight excluding hydrogens is 358 g/mol. The molecule has 0 saturated carbocycles. The maximum absolute atomic E-state index is 12.7. The average Bonchev–Trinajstić information content (AvgIpc) is 3.20. The van der Waals surface area contributed by atoms with Crippen LogP contribution in [0.1, 0.15) is 22.5 Å². The highest BCUT2D eigenvalue weighted by molar-refractivity contribution is 7.07. The fraction of sp³-hybridized carbons (Fsp3) is 0.471. The van der Waals surface area contributed by atoms with E-state index in [0.717, 1.165) is 5.69 Å². The van der Waals surface area contributed by atoms with Crippen molar-refractivity contribution in [2.45, 2.75) is 25.2 Å². The molecule has 9 heteroatoms. The van der Waals surface area contributed by atoms with E-state index in [-0.39, 0.29) is 23.9 Å². The molecule has 0 unspecified atom stereocenters. The number of amides is 1. The number of carbonyl (C=O) groups excluding carboxylic acids is 1. The predicted molar refractivity (Wildman–Crippen MR) is 94.7 cm³/mol. The number of hydrogen-bond donors (Lipinski definition) is 1. The third-order valence-corrected chi connectivity index (χ3v) is 4.66. The second-order valence-corrected chi connectivity index (χ2v) is 6.40. The van der Waals surface area contributed by atoms with E-state index in [9.17, 15) is 4.79 Å². The predicted octanol–water partition coefficient (Wildman–Crippen LogP) is 1.66. The summed E-state index contributed by atoms with van der Waals surface area (Å²) in [5.41, 5.74) is 2.98. The van der Waals surface area contributed by atoms with Gasteiger partial charge < -0.3 is 24.3 Å². The number of nitrogens with zero attached hydrogens (tertiary/aromatic N) is 2. The molecule has 1 N–H and O–H groups in total. The molecule has 1 fully saturated rings. The molecule has 0 bridgehead atoms. The van der Waals surface area contributed by atoms with Crippen molar-refractivity contribution < 1.29 is 23.7 Å². The Morgan fingerprint density at radius 1 is 1.38 bits per heavy atom. The second-order valence-electron chi connectivity index (χ2n) is 5.68. The summed E-state index contributed by atoms with van der Waals surface area (Å²) in [6.07, 6.45) is 0.555. The summed E-state index contributed by atoms with van der Waals surface area (Å²) in [5, 5.41) is 4.91. The van der Waals surface area contributed by atoms with Gasteiger partial charge in [0.25, 0.3) is 5.91 Å². The second kappa shape index (κ2) is 8.93. The van der Waals surface area contributed by atoms with Gasteiger partial charge in [0.15, 0.2) is 0 Å². The van der Waals surface area contributed by atoms with E-state index in [1.165, 1.54) is 25.6 Å². The molecule has 2 atom stereocenters. The van der Waals surface area contributed by atoms with Crippen LogP contribution in [0.3, 0.4) is 0 Å². The van der Waals surface area contributed by atoms with Crippen molar-refractivity contribution in [2.24, 2.45) is 0 Å². The van der Waals surface area contributed by atoms with Crippen molar-refractivity contribution in [3.05, 3.63) is 34.3 Å². The first kappa shape index (κ1) is 18.6. The number of pyridine rings is 1. The van der Waals surface area contributed by atoms with Gasteiger partial charge >= 0.3 is 0 Å². The van der Waals surface area contributed by atoms with Crippen LogP contribution in [0.5, 0.6) is 11.8 Å². The summed E-state index contributed by atoms with van der Waals surface area (Å²) in [4.78, 5) is 21.0. The number of nitrogens with one attached hydrogen (secondary N) is 1. The summed E-state index contributed by atoms with van der Waals surface area (Å²) in [6, 6.07) is 2.97. The van der Waals surface area contributed by atoms with Crippen molar-refractivity contribution in [1.82, 2.24) is 15.3 Å². The molecule has 1 aliphatic rings. The van der Waals surface area contributed by atoms with E-state index in [4.69, 9.17) is 18.9 Å². The molecule has 140 valence electrons. The molecule has 1 saturated heterocycles. The van der Waals surface area contributed by atoms with Crippen LogP contribution in [-0.2, 0) is 16.1 Å². The van der Waals surface area contributed by atoms with E-state index in [0.29, 0.717) is 37.7 Å². The molecule has 1 amide bonds. The van der Waals surface area contributed by atoms with E-state index in [1.54, 1.807) is 17.6 Å². The van der Waals surface area contributed by atoms with Gasteiger partial charge in [0.2, 0.25) is 11.8 Å². The number of ether oxygens (including phenoxy) is 4. The van der Waals surface area contributed by atoms with Gasteiger partial charge in [0, 0.05) is 18.1 Å². The molecule has 2 aromatic rings. The number of thiazole rings is 1. The van der Waals surface area contributed by atoms with E-state index < -0.39 is 0 Å². The molecule has 0 radical (unpaired) electrons. The minimum absolute atomic E-state index is 0.147. The Morgan fingerprint density at radius 3 is 3.00 bits per heavy atom. The average molecular weight is 379 g/mol. The number of carbonyl (C=O) groups is 1. The van der Waals surface area contributed by atoms with E-state index in [2.05, 4.69) is 15.3 Å². The standard InChI is InChI=1S/C17H21N3O5S/c1-22-15-4-3-12(17(20-15)23-2)16(21)19-13-8-24-6-5-14(13)25-7-11-9-26-10-18-11/h3-4,9-10,13-14H,5-8H2,1-2H3,(H,19,21)/t13-,14+/m1/s1. The molecular formula is C17H21N3O5S. The Kier molecular flexibility index (Phi) is 6.37. The minimum Gasteiger partial charge on any atom is -0.481 e. The highest BCUT2D eigenvalue weighted by atomic mass is 32.1. The summed E-state index contributed by atoms with van der Waals surface area (Å²) in [6.45, 7) is 1.40. The lowest BCUT2D eigenvalue weighted by Crippen LogP contribution is -2.50. The first-order chi connectivity index (χ1) is 12.7. The summed E-state index contributed by atoms with van der Waals surface area (Å²) in [7, 11) is 2.97. The largest absolute Gasteiger partial charge is 0.481 e. The molecule has 26 heavy (non-hydrogen) atoms. The van der Waals surface area contributed by atoms with Crippen LogP contribution < -0.4 is 14.8 Å². The normalized spacial score (nSPS) is 19.8. The van der Waals surface area contributed by atoms with Crippen molar-refractivity contribution in [3.8, 4) is 11.8 Å². The van der Waals surface area contributed by atoms with Crippen LogP contribution in [0, 0.1) is 0 Å². The van der Waals surface area contributed by atoms with Crippen molar-refractivity contribution in [1.29, 1.82) is 0 Å². The summed E-state index contributed by atoms with van der Waals surface area (Å²) < 4.78 is 21.7. The molecule has 0 aromatic carbocycles. The highest BCUT2D eigenvalue weighted by Crippen LogP contribution is 2.21. The monoisotopic (exact) mass is 379 g/mol. The van der Waals surface area contributed by atoms with E-state index in [1.807, 2.05) is 5.38 Å². The van der Waals surface area contributed by atoms with Gasteiger partial charge in [-0.25, -0.2) is 4.98 Å². The van der Waals surface area contributed by atoms with Crippen molar-refractivity contribution in [2.75, 3.05) is 27.4 Å². The van der Waals surface area contributed by atoms with Gasteiger partial charge in [-0.2, -0.15) is 4.98 Å². The topological polar surface area (TPSA) is 91.8 Å². The Labute approximate surface area is 155 Å². The zero-order chi connectivity index (χ0) is 18.4. The SMILES string of the molecule is COc1ccc(C(=O)N[C@@H]2COCC[C@@H]2OCc2cscn2)c(OC)n1. The lowest BCUT2D eigenvalue weighted by Gasteiger charge is -2.32. The maximum Gasteiger partial charge on any atom is 0.257 e. The molecule has 3 heterocycles. The third kappa shape index (κ3) is 4.48. The third-order valence-electron chi connectivity index (χ3n) is 4.02. The van der Waals surface area contributed by atoms with Gasteiger partial charge in [-0.3, -0.25) is 4.79 Å². The first-order valence-electron chi connectivity index (χ1n) is 8.17. The van der Waals surface area contributed by atoms with Gasteiger partial charge in [0.05, 0.1) is 50.8 Å². The Bertz CT molecular complexity index is 725. The molecule has 3 rings (SSSR count). The zero-order valence-electron chi connectivity index (χ0n) is 14.6. The van der Waals surface area contributed by atoms with Crippen LogP contribution >= 0.6 is 11.3 Å². The van der Waals surface area contributed by atoms with Crippen LogP contribution in [0.25, 0.3) is 0 Å². The number of methoxy groups -OCH3 is 2. The van der Waals surface area contributed by atoms with Gasteiger partial charge in [-0.05, 0) is 12.5 Å². The van der Waals surface area contributed by atoms with Crippen molar-refractivity contribution in [3.63, 3.8) is 0 Å². The lowest BCUT2D eigenvalue weighted by molar-refractivity contribution is -0.0612. The molecule has 2 aromatic heterocycles. The number of aromatic nitrogens is 2. The van der Waals surface area contributed by atoms with E-state index >= 15 is 0 Å². The fourth-order valence-corrected chi connectivity index (χ4v) is 3.21.